The number of hydrogen-bond donors (Lipinski definition) is 0. The molecule has 1 heterocycles. The van der Waals surface area contributed by atoms with Crippen LogP contribution < -0.4 is 0 Å². The molecule has 0 N–H and O–H groups in total. The van der Waals surface area contributed by atoms with E-state index in [1.807, 2.05) is 22.9 Å². The van der Waals surface area contributed by atoms with Crippen molar-refractivity contribution in [3.63, 3.8) is 0 Å². The van der Waals surface area contributed by atoms with Crippen molar-refractivity contribution < 1.29 is 4.79 Å². The Morgan fingerprint density at radius 1 is 1.47 bits per heavy atom. The van der Waals surface area contributed by atoms with Crippen molar-refractivity contribution in [3.05, 3.63) is 24.0 Å². The molecule has 1 rings (SSSR count). The molecular weight excluding hydrogens is 188 g/mol. The van der Waals surface area contributed by atoms with E-state index in [0.717, 1.165) is 31.6 Å². The van der Waals surface area contributed by atoms with Crippen LogP contribution in [0.2, 0.25) is 0 Å². The lowest BCUT2D eigenvalue weighted by Gasteiger charge is -2.24. The van der Waals surface area contributed by atoms with Gasteiger partial charge in [-0.3, -0.25) is 4.79 Å². The molecule has 0 spiro atoms. The first-order valence-corrected chi connectivity index (χ1v) is 5.57. The zero-order valence-electron chi connectivity index (χ0n) is 9.81. The van der Waals surface area contributed by atoms with E-state index < -0.39 is 0 Å². The highest BCUT2D eigenvalue weighted by Crippen LogP contribution is 2.11. The highest BCUT2D eigenvalue weighted by atomic mass is 16.1. The standard InChI is InChI=1S/C12H20N2O/c1-4-13(5-2)9-11(3)14-8-6-7-12(14)10-15/h6-8,10-11H,4-5,9H2,1-3H3. The average Bonchev–Trinajstić information content (AvgIpc) is 2.73. The Hall–Kier alpha value is -1.09. The number of hydrogen-bond acceptors (Lipinski definition) is 2. The highest BCUT2D eigenvalue weighted by molar-refractivity contribution is 5.72. The molecule has 1 atom stereocenters. The first kappa shape index (κ1) is 12.0. The molecule has 3 heteroatoms. The van der Waals surface area contributed by atoms with Gasteiger partial charge in [0.2, 0.25) is 0 Å². The van der Waals surface area contributed by atoms with Crippen LogP contribution in [0, 0.1) is 0 Å². The van der Waals surface area contributed by atoms with Gasteiger partial charge in [0.1, 0.15) is 0 Å². The fraction of sp³-hybridized carbons (Fsp3) is 0.583. The van der Waals surface area contributed by atoms with E-state index in [4.69, 9.17) is 0 Å². The second kappa shape index (κ2) is 5.71. The minimum atomic E-state index is 0.347. The van der Waals surface area contributed by atoms with E-state index in [1.165, 1.54) is 0 Å². The van der Waals surface area contributed by atoms with E-state index in [2.05, 4.69) is 25.7 Å². The van der Waals surface area contributed by atoms with E-state index in [-0.39, 0.29) is 0 Å². The van der Waals surface area contributed by atoms with E-state index in [1.54, 1.807) is 0 Å². The third kappa shape index (κ3) is 2.93. The third-order valence-corrected chi connectivity index (χ3v) is 2.82. The Morgan fingerprint density at radius 3 is 2.67 bits per heavy atom. The summed E-state index contributed by atoms with van der Waals surface area (Å²) in [4.78, 5) is 13.1. The van der Waals surface area contributed by atoms with Gasteiger partial charge in [-0.1, -0.05) is 13.8 Å². The maximum Gasteiger partial charge on any atom is 0.166 e. The molecule has 0 aliphatic heterocycles. The number of aldehydes is 1. The normalized spacial score (nSPS) is 13.1. The molecule has 1 aromatic rings. The molecule has 0 aliphatic rings. The summed E-state index contributed by atoms with van der Waals surface area (Å²) in [5.74, 6) is 0. The van der Waals surface area contributed by atoms with Gasteiger partial charge in [0, 0.05) is 18.8 Å². The smallest absolute Gasteiger partial charge is 0.166 e. The van der Waals surface area contributed by atoms with E-state index in [9.17, 15) is 4.79 Å². The Bertz CT molecular complexity index is 302. The van der Waals surface area contributed by atoms with Crippen molar-refractivity contribution in [3.8, 4) is 0 Å². The molecule has 15 heavy (non-hydrogen) atoms. The van der Waals surface area contributed by atoms with Gasteiger partial charge >= 0.3 is 0 Å². The monoisotopic (exact) mass is 208 g/mol. The maximum atomic E-state index is 10.8. The molecule has 0 bridgehead atoms. The first-order valence-electron chi connectivity index (χ1n) is 5.57. The SMILES string of the molecule is CCN(CC)CC(C)n1cccc1C=O. The summed E-state index contributed by atoms with van der Waals surface area (Å²) in [5.41, 5.74) is 0.759. The first-order chi connectivity index (χ1) is 7.22. The zero-order valence-corrected chi connectivity index (χ0v) is 9.81. The van der Waals surface area contributed by atoms with Gasteiger partial charge in [-0.15, -0.1) is 0 Å². The quantitative estimate of drug-likeness (QED) is 0.670. The Morgan fingerprint density at radius 2 is 2.13 bits per heavy atom. The number of carbonyl (C=O) groups is 1. The molecule has 0 amide bonds. The minimum absolute atomic E-state index is 0.347. The molecule has 3 nitrogen and oxygen atoms in total. The lowest BCUT2D eigenvalue weighted by atomic mass is 10.3. The fourth-order valence-corrected chi connectivity index (χ4v) is 1.85. The number of aromatic nitrogens is 1. The topological polar surface area (TPSA) is 25.2 Å². The highest BCUT2D eigenvalue weighted by Gasteiger charge is 2.10. The van der Waals surface area contributed by atoms with Crippen molar-refractivity contribution in [2.24, 2.45) is 0 Å². The number of carbonyl (C=O) groups excluding carboxylic acids is 1. The zero-order chi connectivity index (χ0) is 11.3. The Balaban J connectivity index is 2.67. The van der Waals surface area contributed by atoms with Crippen LogP contribution in [0.4, 0.5) is 0 Å². The number of likely N-dealkylation sites (N-methyl/N-ethyl adjacent to an activating group) is 1. The summed E-state index contributed by atoms with van der Waals surface area (Å²) in [7, 11) is 0. The van der Waals surface area contributed by atoms with Crippen LogP contribution in [-0.4, -0.2) is 35.4 Å². The van der Waals surface area contributed by atoms with Crippen LogP contribution in [0.15, 0.2) is 18.3 Å². The summed E-state index contributed by atoms with van der Waals surface area (Å²) in [5, 5.41) is 0. The van der Waals surface area contributed by atoms with Crippen LogP contribution in [0.5, 0.6) is 0 Å². The molecular formula is C12H20N2O. The van der Waals surface area contributed by atoms with Crippen LogP contribution in [-0.2, 0) is 0 Å². The van der Waals surface area contributed by atoms with Crippen LogP contribution in [0.25, 0.3) is 0 Å². The van der Waals surface area contributed by atoms with Crippen molar-refractivity contribution in [1.82, 2.24) is 9.47 Å². The lowest BCUT2D eigenvalue weighted by Crippen LogP contribution is -2.29. The number of nitrogens with zero attached hydrogens (tertiary/aromatic N) is 2. The largest absolute Gasteiger partial charge is 0.341 e. The maximum absolute atomic E-state index is 10.8. The molecule has 1 unspecified atom stereocenters. The van der Waals surface area contributed by atoms with Gasteiger partial charge in [0.15, 0.2) is 6.29 Å². The molecule has 1 aromatic heterocycles. The number of rotatable bonds is 6. The van der Waals surface area contributed by atoms with E-state index >= 15 is 0 Å². The molecule has 0 aliphatic carbocycles. The van der Waals surface area contributed by atoms with Crippen molar-refractivity contribution in [1.29, 1.82) is 0 Å². The van der Waals surface area contributed by atoms with Gasteiger partial charge in [-0.25, -0.2) is 0 Å². The van der Waals surface area contributed by atoms with Crippen LogP contribution in [0.3, 0.4) is 0 Å². The molecule has 0 saturated carbocycles. The summed E-state index contributed by atoms with van der Waals surface area (Å²) >= 11 is 0. The Kier molecular flexibility index (Phi) is 4.56. The second-order valence-electron chi connectivity index (χ2n) is 3.79. The van der Waals surface area contributed by atoms with Gasteiger partial charge < -0.3 is 9.47 Å². The van der Waals surface area contributed by atoms with Crippen molar-refractivity contribution in [2.45, 2.75) is 26.8 Å². The predicted molar refractivity (Wildman–Crippen MR) is 62.3 cm³/mol. The summed E-state index contributed by atoms with van der Waals surface area (Å²) < 4.78 is 2.03. The van der Waals surface area contributed by atoms with Gasteiger partial charge in [0.25, 0.3) is 0 Å². The van der Waals surface area contributed by atoms with Crippen LogP contribution >= 0.6 is 0 Å². The molecule has 0 aromatic carbocycles. The van der Waals surface area contributed by atoms with Gasteiger partial charge in [-0.2, -0.15) is 0 Å². The predicted octanol–water partition coefficient (Wildman–Crippen LogP) is 2.20. The summed E-state index contributed by atoms with van der Waals surface area (Å²) in [6.45, 7) is 9.56. The molecule has 84 valence electrons. The minimum Gasteiger partial charge on any atom is -0.341 e. The van der Waals surface area contributed by atoms with Crippen molar-refractivity contribution >= 4 is 6.29 Å². The van der Waals surface area contributed by atoms with Crippen LogP contribution in [0.1, 0.15) is 37.3 Å². The van der Waals surface area contributed by atoms with Gasteiger partial charge in [-0.05, 0) is 32.1 Å². The molecule has 0 radical (unpaired) electrons. The van der Waals surface area contributed by atoms with Gasteiger partial charge in [0.05, 0.1) is 5.69 Å². The summed E-state index contributed by atoms with van der Waals surface area (Å²) in [6.07, 6.45) is 2.89. The summed E-state index contributed by atoms with van der Waals surface area (Å²) in [6, 6.07) is 4.12. The van der Waals surface area contributed by atoms with E-state index in [0.29, 0.717) is 6.04 Å². The third-order valence-electron chi connectivity index (χ3n) is 2.82. The Labute approximate surface area is 91.7 Å². The van der Waals surface area contributed by atoms with Crippen molar-refractivity contribution in [2.75, 3.05) is 19.6 Å². The molecule has 0 saturated heterocycles. The second-order valence-corrected chi connectivity index (χ2v) is 3.79. The molecule has 0 fully saturated rings. The lowest BCUT2D eigenvalue weighted by molar-refractivity contribution is 0.111. The fourth-order valence-electron chi connectivity index (χ4n) is 1.85. The average molecular weight is 208 g/mol.